The van der Waals surface area contributed by atoms with Crippen LogP contribution in [0.2, 0.25) is 0 Å². The van der Waals surface area contributed by atoms with Gasteiger partial charge in [0, 0.05) is 32.6 Å². The van der Waals surface area contributed by atoms with Gasteiger partial charge in [0.25, 0.3) is 6.43 Å². The maximum atomic E-state index is 14.6. The molecule has 0 spiro atoms. The van der Waals surface area contributed by atoms with Gasteiger partial charge >= 0.3 is 0 Å². The number of nitrogens with one attached hydrogen (secondary N) is 2. The van der Waals surface area contributed by atoms with E-state index in [0.717, 1.165) is 0 Å². The van der Waals surface area contributed by atoms with Gasteiger partial charge in [-0.15, -0.1) is 0 Å². The third-order valence-electron chi connectivity index (χ3n) is 4.70. The summed E-state index contributed by atoms with van der Waals surface area (Å²) in [6.07, 6.45) is -2.12. The molecule has 1 aromatic heterocycles. The lowest BCUT2D eigenvalue weighted by molar-refractivity contribution is -0.129. The first kappa shape index (κ1) is 18.8. The van der Waals surface area contributed by atoms with E-state index in [1.807, 2.05) is 23.6 Å². The summed E-state index contributed by atoms with van der Waals surface area (Å²) in [7, 11) is 0. The number of alkyl halides is 2. The van der Waals surface area contributed by atoms with Crippen molar-refractivity contribution in [2.75, 3.05) is 31.1 Å². The molecule has 10 heteroatoms. The van der Waals surface area contributed by atoms with Crippen molar-refractivity contribution in [3.05, 3.63) is 17.8 Å². The Bertz CT molecular complexity index is 651. The van der Waals surface area contributed by atoms with E-state index in [-0.39, 0.29) is 18.2 Å². The van der Waals surface area contributed by atoms with Crippen molar-refractivity contribution < 1.29 is 18.0 Å². The third-order valence-corrected chi connectivity index (χ3v) is 4.70. The van der Waals surface area contributed by atoms with Crippen LogP contribution in [0.5, 0.6) is 0 Å². The molecule has 2 unspecified atom stereocenters. The molecule has 144 valence electrons. The van der Waals surface area contributed by atoms with E-state index in [1.165, 1.54) is 6.33 Å². The zero-order valence-corrected chi connectivity index (χ0v) is 14.8. The molecule has 2 N–H and O–H groups in total. The van der Waals surface area contributed by atoms with Crippen molar-refractivity contribution in [3.63, 3.8) is 0 Å². The van der Waals surface area contributed by atoms with Gasteiger partial charge in [0.15, 0.2) is 11.6 Å². The van der Waals surface area contributed by atoms with Crippen molar-refractivity contribution >= 4 is 11.7 Å². The Hall–Kier alpha value is -1.94. The second kappa shape index (κ2) is 7.75. The van der Waals surface area contributed by atoms with Gasteiger partial charge in [-0.05, 0) is 5.92 Å². The van der Waals surface area contributed by atoms with E-state index in [4.69, 9.17) is 0 Å². The highest BCUT2D eigenvalue weighted by molar-refractivity contribution is 5.77. The topological polar surface area (TPSA) is 73.4 Å². The van der Waals surface area contributed by atoms with Crippen LogP contribution in [0, 0.1) is 5.82 Å². The molecule has 7 nitrogen and oxygen atoms in total. The van der Waals surface area contributed by atoms with Gasteiger partial charge in [0.05, 0.1) is 11.7 Å². The van der Waals surface area contributed by atoms with Crippen LogP contribution in [0.1, 0.15) is 31.9 Å². The Balaban J connectivity index is 1.64. The number of nitrogens with zero attached hydrogens (tertiary/aromatic N) is 4. The maximum absolute atomic E-state index is 14.6. The first-order chi connectivity index (χ1) is 12.4. The number of hydrogen-bond donors (Lipinski definition) is 2. The van der Waals surface area contributed by atoms with Crippen molar-refractivity contribution in [2.24, 2.45) is 0 Å². The largest absolute Gasteiger partial charge is 0.352 e. The van der Waals surface area contributed by atoms with E-state index >= 15 is 0 Å². The van der Waals surface area contributed by atoms with Crippen LogP contribution in [0.3, 0.4) is 0 Å². The summed E-state index contributed by atoms with van der Waals surface area (Å²) in [4.78, 5) is 23.4. The second-order valence-corrected chi connectivity index (χ2v) is 6.86. The number of anilines is 1. The van der Waals surface area contributed by atoms with E-state index in [9.17, 15) is 18.0 Å². The standard InChI is InChI=1S/C16H23F3N6O/c1-9(2)13-12(17)15(21-8-20-13)24-3-5-25(6-4-24)16-22-10(14(18)19)7-11(26)23-16/h8-10,14,16,22H,3-7H2,1-2H3,(H,23,26). The summed E-state index contributed by atoms with van der Waals surface area (Å²) < 4.78 is 40.5. The number of carbonyl (C=O) groups excluding carboxylic acids is 1. The molecule has 2 atom stereocenters. The minimum Gasteiger partial charge on any atom is -0.352 e. The van der Waals surface area contributed by atoms with Crippen LogP contribution in [-0.4, -0.2) is 65.7 Å². The molecule has 2 aliphatic rings. The highest BCUT2D eigenvalue weighted by Gasteiger charge is 2.35. The first-order valence-electron chi connectivity index (χ1n) is 8.69. The molecular formula is C16H23F3N6O. The van der Waals surface area contributed by atoms with Gasteiger partial charge < -0.3 is 10.2 Å². The lowest BCUT2D eigenvalue weighted by atomic mass is 10.1. The lowest BCUT2D eigenvalue weighted by Gasteiger charge is -2.43. The quantitative estimate of drug-likeness (QED) is 0.818. The lowest BCUT2D eigenvalue weighted by Crippen LogP contribution is -2.67. The summed E-state index contributed by atoms with van der Waals surface area (Å²) in [5.74, 6) is -0.608. The van der Waals surface area contributed by atoms with E-state index in [0.29, 0.717) is 31.9 Å². The van der Waals surface area contributed by atoms with Gasteiger partial charge in [0.1, 0.15) is 12.6 Å². The average Bonchev–Trinajstić information content (AvgIpc) is 2.61. The van der Waals surface area contributed by atoms with Crippen molar-refractivity contribution in [2.45, 2.75) is 44.9 Å². The first-order valence-corrected chi connectivity index (χ1v) is 8.69. The summed E-state index contributed by atoms with van der Waals surface area (Å²) in [5.41, 5.74) is 0.374. The molecule has 26 heavy (non-hydrogen) atoms. The Morgan fingerprint density at radius 3 is 2.50 bits per heavy atom. The molecule has 0 aromatic carbocycles. The van der Waals surface area contributed by atoms with Crippen LogP contribution in [0.4, 0.5) is 19.0 Å². The predicted molar refractivity (Wildman–Crippen MR) is 89.3 cm³/mol. The van der Waals surface area contributed by atoms with Crippen molar-refractivity contribution in [1.29, 1.82) is 0 Å². The fourth-order valence-electron chi connectivity index (χ4n) is 3.26. The highest BCUT2D eigenvalue weighted by atomic mass is 19.3. The monoisotopic (exact) mass is 372 g/mol. The molecule has 0 aliphatic carbocycles. The molecule has 3 rings (SSSR count). The number of carbonyl (C=O) groups is 1. The number of aromatic nitrogens is 2. The molecular weight excluding hydrogens is 349 g/mol. The molecule has 0 saturated carbocycles. The molecule has 2 aliphatic heterocycles. The number of piperazine rings is 1. The highest BCUT2D eigenvalue weighted by Crippen LogP contribution is 2.24. The fourth-order valence-corrected chi connectivity index (χ4v) is 3.26. The third kappa shape index (κ3) is 3.90. The Labute approximate surface area is 150 Å². The summed E-state index contributed by atoms with van der Waals surface area (Å²) in [5, 5.41) is 5.45. The summed E-state index contributed by atoms with van der Waals surface area (Å²) in [6.45, 7) is 5.63. The van der Waals surface area contributed by atoms with E-state index in [2.05, 4.69) is 20.6 Å². The zero-order chi connectivity index (χ0) is 18.8. The van der Waals surface area contributed by atoms with Crippen LogP contribution in [0.15, 0.2) is 6.33 Å². The number of rotatable bonds is 4. The minimum absolute atomic E-state index is 0.0500. The Morgan fingerprint density at radius 2 is 1.88 bits per heavy atom. The number of halogens is 3. The Kier molecular flexibility index (Phi) is 5.61. The molecule has 2 fully saturated rings. The second-order valence-electron chi connectivity index (χ2n) is 6.86. The van der Waals surface area contributed by atoms with E-state index < -0.39 is 30.5 Å². The van der Waals surface area contributed by atoms with Crippen LogP contribution in [-0.2, 0) is 4.79 Å². The average molecular weight is 372 g/mol. The van der Waals surface area contributed by atoms with Gasteiger partial charge in [-0.2, -0.15) is 0 Å². The molecule has 2 saturated heterocycles. The number of hydrogen-bond acceptors (Lipinski definition) is 6. The van der Waals surface area contributed by atoms with Crippen molar-refractivity contribution in [1.82, 2.24) is 25.5 Å². The smallest absolute Gasteiger partial charge is 0.254 e. The van der Waals surface area contributed by atoms with Gasteiger partial charge in [-0.25, -0.2) is 23.1 Å². The fraction of sp³-hybridized carbons (Fsp3) is 0.688. The van der Waals surface area contributed by atoms with Gasteiger partial charge in [-0.1, -0.05) is 13.8 Å². The number of amides is 1. The SMILES string of the molecule is CC(C)c1ncnc(N2CCN(C3NC(=O)CC(C(F)F)N3)CC2)c1F. The molecule has 0 bridgehead atoms. The zero-order valence-electron chi connectivity index (χ0n) is 14.8. The molecule has 0 radical (unpaired) electrons. The molecule has 3 heterocycles. The summed E-state index contributed by atoms with van der Waals surface area (Å²) in [6, 6.07) is -1.15. The van der Waals surface area contributed by atoms with Gasteiger partial charge in [0.2, 0.25) is 5.91 Å². The van der Waals surface area contributed by atoms with Crippen LogP contribution >= 0.6 is 0 Å². The predicted octanol–water partition coefficient (Wildman–Crippen LogP) is 0.888. The van der Waals surface area contributed by atoms with Crippen LogP contribution in [0.25, 0.3) is 0 Å². The molecule has 1 aromatic rings. The molecule has 1 amide bonds. The minimum atomic E-state index is -2.60. The summed E-state index contributed by atoms with van der Waals surface area (Å²) >= 11 is 0. The Morgan fingerprint density at radius 1 is 1.19 bits per heavy atom. The maximum Gasteiger partial charge on any atom is 0.254 e. The van der Waals surface area contributed by atoms with Crippen LogP contribution < -0.4 is 15.5 Å². The van der Waals surface area contributed by atoms with Crippen molar-refractivity contribution in [3.8, 4) is 0 Å². The van der Waals surface area contributed by atoms with E-state index in [1.54, 1.807) is 0 Å². The van der Waals surface area contributed by atoms with Gasteiger partial charge in [-0.3, -0.25) is 15.0 Å². The normalized spacial score (nSPS) is 25.0.